The Bertz CT molecular complexity index is 678. The lowest BCUT2D eigenvalue weighted by atomic mass is 10.1. The summed E-state index contributed by atoms with van der Waals surface area (Å²) in [5.74, 6) is -0.298. The van der Waals surface area contributed by atoms with Crippen molar-refractivity contribution in [2.75, 3.05) is 18.4 Å². The monoisotopic (exact) mass is 319 g/mol. The first-order valence-corrected chi connectivity index (χ1v) is 7.71. The van der Waals surface area contributed by atoms with E-state index in [9.17, 15) is 4.79 Å². The van der Waals surface area contributed by atoms with Crippen LogP contribution in [0.25, 0.3) is 0 Å². The summed E-state index contributed by atoms with van der Waals surface area (Å²) >= 11 is 6.09. The van der Waals surface area contributed by atoms with Crippen LogP contribution < -0.4 is 10.6 Å². The minimum atomic E-state index is -0.298. The van der Waals surface area contributed by atoms with Gasteiger partial charge in [-0.05, 0) is 50.6 Å². The van der Waals surface area contributed by atoms with E-state index in [2.05, 4.69) is 20.9 Å². The molecular weight excluding hydrogens is 302 g/mol. The Hall–Kier alpha value is -1.92. The minimum absolute atomic E-state index is 0.298. The predicted octanol–water partition coefficient (Wildman–Crippen LogP) is 2.42. The Morgan fingerprint density at radius 3 is 2.95 bits per heavy atom. The van der Waals surface area contributed by atoms with Crippen LogP contribution in [-0.4, -0.2) is 34.0 Å². The first kappa shape index (κ1) is 15.0. The zero-order valence-corrected chi connectivity index (χ0v) is 13.1. The summed E-state index contributed by atoms with van der Waals surface area (Å²) in [6.07, 6.45) is 3.69. The van der Waals surface area contributed by atoms with Crippen LogP contribution in [0.15, 0.2) is 24.4 Å². The molecular formula is C15H18ClN5O. The Morgan fingerprint density at radius 1 is 1.41 bits per heavy atom. The van der Waals surface area contributed by atoms with Crippen molar-refractivity contribution in [1.29, 1.82) is 0 Å². The van der Waals surface area contributed by atoms with Crippen LogP contribution in [0.5, 0.6) is 0 Å². The zero-order valence-electron chi connectivity index (χ0n) is 12.3. The number of nitrogens with zero attached hydrogens (tertiary/aromatic N) is 3. The molecule has 0 aliphatic carbocycles. The van der Waals surface area contributed by atoms with Crippen molar-refractivity contribution >= 4 is 23.2 Å². The molecule has 3 rings (SSSR count). The smallest absolute Gasteiger partial charge is 0.277 e. The number of nitrogens with one attached hydrogen (secondary N) is 2. The van der Waals surface area contributed by atoms with Crippen LogP contribution in [0.3, 0.4) is 0 Å². The van der Waals surface area contributed by atoms with Crippen molar-refractivity contribution in [2.24, 2.45) is 0 Å². The second kappa shape index (κ2) is 6.46. The molecule has 1 amide bonds. The van der Waals surface area contributed by atoms with Gasteiger partial charge in [0.1, 0.15) is 0 Å². The highest BCUT2D eigenvalue weighted by Crippen LogP contribution is 2.23. The summed E-state index contributed by atoms with van der Waals surface area (Å²) in [5, 5.41) is 14.7. The molecule has 1 fully saturated rings. The van der Waals surface area contributed by atoms with Gasteiger partial charge in [-0.2, -0.15) is 0 Å². The van der Waals surface area contributed by atoms with Crippen molar-refractivity contribution < 1.29 is 4.79 Å². The van der Waals surface area contributed by atoms with Crippen molar-refractivity contribution in [2.45, 2.75) is 25.8 Å². The van der Waals surface area contributed by atoms with Crippen molar-refractivity contribution in [3.63, 3.8) is 0 Å². The maximum atomic E-state index is 12.3. The second-order valence-corrected chi connectivity index (χ2v) is 5.91. The topological polar surface area (TPSA) is 71.8 Å². The molecule has 116 valence electrons. The lowest BCUT2D eigenvalue weighted by Gasteiger charge is -2.22. The molecule has 0 unspecified atom stereocenters. The summed E-state index contributed by atoms with van der Waals surface area (Å²) in [6, 6.07) is 5.79. The van der Waals surface area contributed by atoms with Crippen LogP contribution in [0.4, 0.5) is 5.69 Å². The largest absolute Gasteiger partial charge is 0.319 e. The van der Waals surface area contributed by atoms with Crippen LogP contribution in [-0.2, 0) is 0 Å². The highest BCUT2D eigenvalue weighted by atomic mass is 35.5. The van der Waals surface area contributed by atoms with Gasteiger partial charge in [-0.25, -0.2) is 4.68 Å². The Labute approximate surface area is 133 Å². The Balaban J connectivity index is 1.72. The second-order valence-electron chi connectivity index (χ2n) is 5.50. The molecule has 0 spiro atoms. The summed E-state index contributed by atoms with van der Waals surface area (Å²) in [4.78, 5) is 12.3. The van der Waals surface area contributed by atoms with Gasteiger partial charge >= 0.3 is 0 Å². The van der Waals surface area contributed by atoms with Gasteiger partial charge in [0.2, 0.25) is 0 Å². The molecule has 2 aromatic rings. The van der Waals surface area contributed by atoms with E-state index in [1.807, 2.05) is 19.1 Å². The van der Waals surface area contributed by atoms with Gasteiger partial charge in [-0.3, -0.25) is 4.79 Å². The molecule has 1 aliphatic heterocycles. The molecule has 2 heterocycles. The molecule has 7 heteroatoms. The van der Waals surface area contributed by atoms with Gasteiger partial charge in [0.05, 0.1) is 22.9 Å². The van der Waals surface area contributed by atoms with E-state index in [1.54, 1.807) is 16.9 Å². The number of hydrogen-bond acceptors (Lipinski definition) is 4. The number of hydrogen-bond donors (Lipinski definition) is 2. The third-order valence-corrected chi connectivity index (χ3v) is 4.13. The number of piperidine rings is 1. The number of benzene rings is 1. The van der Waals surface area contributed by atoms with Gasteiger partial charge in [-0.1, -0.05) is 22.9 Å². The summed E-state index contributed by atoms with van der Waals surface area (Å²) in [6.45, 7) is 3.87. The third kappa shape index (κ3) is 3.28. The fraction of sp³-hybridized carbons (Fsp3) is 0.400. The minimum Gasteiger partial charge on any atom is -0.319 e. The average Bonchev–Trinajstić information content (AvgIpc) is 3.02. The number of amides is 1. The van der Waals surface area contributed by atoms with E-state index in [-0.39, 0.29) is 5.91 Å². The molecule has 2 N–H and O–H groups in total. The number of aromatic nitrogens is 3. The molecule has 0 saturated carbocycles. The maximum Gasteiger partial charge on any atom is 0.277 e. The van der Waals surface area contributed by atoms with E-state index in [1.165, 1.54) is 0 Å². The highest BCUT2D eigenvalue weighted by Gasteiger charge is 2.19. The number of carbonyl (C=O) groups is 1. The van der Waals surface area contributed by atoms with E-state index in [0.29, 0.717) is 22.4 Å². The van der Waals surface area contributed by atoms with Gasteiger partial charge in [0.15, 0.2) is 5.69 Å². The average molecular weight is 320 g/mol. The Morgan fingerprint density at radius 2 is 2.18 bits per heavy atom. The van der Waals surface area contributed by atoms with Crippen molar-refractivity contribution in [3.05, 3.63) is 40.7 Å². The van der Waals surface area contributed by atoms with Crippen LogP contribution in [0, 0.1) is 6.92 Å². The quantitative estimate of drug-likeness (QED) is 0.911. The standard InChI is InChI=1S/C15H18ClN5O/c1-10-2-3-12(16)13(8-10)18-15(22)14-9-21(20-19-14)11-4-6-17-7-5-11/h2-3,8-9,11,17H,4-7H2,1H3,(H,18,22). The van der Waals surface area contributed by atoms with Crippen molar-refractivity contribution in [3.8, 4) is 0 Å². The Kier molecular flexibility index (Phi) is 4.40. The fourth-order valence-corrected chi connectivity index (χ4v) is 2.72. The first-order chi connectivity index (χ1) is 10.6. The number of rotatable bonds is 3. The normalized spacial score (nSPS) is 15.7. The molecule has 1 aliphatic rings. The number of anilines is 1. The van der Waals surface area contributed by atoms with Crippen molar-refractivity contribution in [1.82, 2.24) is 20.3 Å². The molecule has 1 aromatic carbocycles. The zero-order chi connectivity index (χ0) is 15.5. The van der Waals surface area contributed by atoms with Gasteiger partial charge in [0, 0.05) is 0 Å². The third-order valence-electron chi connectivity index (χ3n) is 3.80. The molecule has 1 aromatic heterocycles. The van der Waals surface area contributed by atoms with E-state index in [4.69, 9.17) is 11.6 Å². The van der Waals surface area contributed by atoms with Gasteiger partial charge in [-0.15, -0.1) is 5.10 Å². The summed E-state index contributed by atoms with van der Waals surface area (Å²) < 4.78 is 1.79. The fourth-order valence-electron chi connectivity index (χ4n) is 2.55. The lowest BCUT2D eigenvalue weighted by molar-refractivity contribution is 0.102. The van der Waals surface area contributed by atoms with E-state index < -0.39 is 0 Å². The first-order valence-electron chi connectivity index (χ1n) is 7.33. The van der Waals surface area contributed by atoms with Crippen LogP contribution in [0.2, 0.25) is 5.02 Å². The molecule has 0 radical (unpaired) electrons. The molecule has 22 heavy (non-hydrogen) atoms. The number of halogens is 1. The molecule has 0 atom stereocenters. The van der Waals surface area contributed by atoms with E-state index >= 15 is 0 Å². The molecule has 6 nitrogen and oxygen atoms in total. The maximum absolute atomic E-state index is 12.3. The summed E-state index contributed by atoms with van der Waals surface area (Å²) in [7, 11) is 0. The van der Waals surface area contributed by atoms with Gasteiger partial charge in [0.25, 0.3) is 5.91 Å². The predicted molar refractivity (Wildman–Crippen MR) is 85.3 cm³/mol. The van der Waals surface area contributed by atoms with E-state index in [0.717, 1.165) is 31.5 Å². The number of carbonyl (C=O) groups excluding carboxylic acids is 1. The molecule has 0 bridgehead atoms. The SMILES string of the molecule is Cc1ccc(Cl)c(NC(=O)c2cn(C3CCNCC3)nn2)c1. The highest BCUT2D eigenvalue weighted by molar-refractivity contribution is 6.33. The van der Waals surface area contributed by atoms with Crippen LogP contribution >= 0.6 is 11.6 Å². The number of aryl methyl sites for hydroxylation is 1. The summed E-state index contributed by atoms with van der Waals surface area (Å²) in [5.41, 5.74) is 1.91. The lowest BCUT2D eigenvalue weighted by Crippen LogP contribution is -2.29. The van der Waals surface area contributed by atoms with Gasteiger partial charge < -0.3 is 10.6 Å². The van der Waals surface area contributed by atoms with Crippen LogP contribution in [0.1, 0.15) is 34.9 Å². The molecule has 1 saturated heterocycles.